The van der Waals surface area contributed by atoms with Crippen LogP contribution in [0.2, 0.25) is 0 Å². The molecule has 0 spiro atoms. The normalized spacial score (nSPS) is 50.3. The van der Waals surface area contributed by atoms with E-state index in [1.54, 1.807) is 28.0 Å². The van der Waals surface area contributed by atoms with Gasteiger partial charge in [0.25, 0.3) is 0 Å². The summed E-state index contributed by atoms with van der Waals surface area (Å²) in [5.74, 6) is -1.73. The number of hydrogen-bond acceptors (Lipinski definition) is 12. The predicted octanol–water partition coefficient (Wildman–Crippen LogP) is 3.19. The first-order valence-corrected chi connectivity index (χ1v) is 17.4. The number of likely N-dealkylation sites (N-methyl/N-ethyl adjacent to an activating group) is 1. The molecule has 17 atom stereocenters. The zero-order chi connectivity index (χ0) is 35.2. The predicted molar refractivity (Wildman–Crippen MR) is 176 cm³/mol. The highest BCUT2D eigenvalue weighted by atomic mass is 16.7. The first-order chi connectivity index (χ1) is 21.9. The molecule has 0 aliphatic carbocycles. The van der Waals surface area contributed by atoms with Gasteiger partial charge in [-0.2, -0.15) is 0 Å². The molecular formula is C35H62N2O10. The molecule has 7 unspecified atom stereocenters. The Morgan fingerprint density at radius 1 is 1.00 bits per heavy atom. The molecule has 4 aliphatic heterocycles. The first-order valence-electron chi connectivity index (χ1n) is 17.4. The second kappa shape index (κ2) is 14.9. The number of ether oxygens (including phenoxy) is 7. The molecule has 47 heavy (non-hydrogen) atoms. The third-order valence-corrected chi connectivity index (χ3v) is 11.5. The number of hydrogen-bond donors (Lipinski definition) is 2. The van der Waals surface area contributed by atoms with Crippen molar-refractivity contribution in [3.8, 4) is 0 Å². The quantitative estimate of drug-likeness (QED) is 0.305. The van der Waals surface area contributed by atoms with Crippen molar-refractivity contribution in [1.82, 2.24) is 4.90 Å². The van der Waals surface area contributed by atoms with E-state index in [4.69, 9.17) is 33.2 Å². The van der Waals surface area contributed by atoms with Crippen LogP contribution in [0.3, 0.4) is 0 Å². The lowest BCUT2D eigenvalue weighted by Gasteiger charge is -2.48. The number of cyclic esters (lactones) is 1. The number of aliphatic hydroxyl groups is 2. The number of esters is 1. The Morgan fingerprint density at radius 2 is 1.66 bits per heavy atom. The Morgan fingerprint density at radius 3 is 2.26 bits per heavy atom. The minimum atomic E-state index is -0.932. The van der Waals surface area contributed by atoms with Crippen LogP contribution in [0.4, 0.5) is 0 Å². The fourth-order valence-electron chi connectivity index (χ4n) is 8.54. The number of carbonyl (C=O) groups is 1. The van der Waals surface area contributed by atoms with E-state index >= 15 is 0 Å². The maximum atomic E-state index is 14.1. The average molecular weight is 671 g/mol. The molecule has 12 heteroatoms. The Hall–Kier alpha value is -1.22. The van der Waals surface area contributed by atoms with E-state index in [2.05, 4.69) is 18.8 Å². The molecule has 0 saturated carbocycles. The first kappa shape index (κ1) is 38.6. The molecule has 0 aromatic rings. The van der Waals surface area contributed by atoms with Gasteiger partial charge in [-0.05, 0) is 74.4 Å². The molecule has 0 aromatic carbocycles. The SMILES string of the molecule is CN=C(C)[C@@H]1OC(=O)[C@H](C)[C@@H](O[C@H]2CC(C)(OC)[C@@H](O)C(C)O2)[C@H](C)[C@@H](O[C@@H]2OC(C)CC(N(C)C)C2O)[C@]2(C)CC(C)C(O2)[C@@H]1C. The summed E-state index contributed by atoms with van der Waals surface area (Å²) in [6.07, 6.45) is -4.93. The monoisotopic (exact) mass is 670 g/mol. The van der Waals surface area contributed by atoms with Gasteiger partial charge in [0.15, 0.2) is 12.6 Å². The fraction of sp³-hybridized carbons (Fsp3) is 0.943. The molecule has 4 saturated heterocycles. The number of carbonyl (C=O) groups excluding carboxylic acids is 1. The van der Waals surface area contributed by atoms with Crippen molar-refractivity contribution in [2.24, 2.45) is 28.7 Å². The van der Waals surface area contributed by atoms with Gasteiger partial charge < -0.3 is 48.3 Å². The van der Waals surface area contributed by atoms with E-state index in [0.29, 0.717) is 18.6 Å². The maximum Gasteiger partial charge on any atom is 0.311 e. The van der Waals surface area contributed by atoms with Gasteiger partial charge in [-0.1, -0.05) is 20.8 Å². The van der Waals surface area contributed by atoms with Crippen molar-refractivity contribution in [3.63, 3.8) is 0 Å². The second-order valence-corrected chi connectivity index (χ2v) is 15.5. The molecule has 2 bridgehead atoms. The van der Waals surface area contributed by atoms with Crippen molar-refractivity contribution >= 4 is 11.7 Å². The highest BCUT2D eigenvalue weighted by Crippen LogP contribution is 2.47. The number of rotatable bonds is 7. The molecule has 4 rings (SSSR count). The molecule has 0 radical (unpaired) electrons. The minimum Gasteiger partial charge on any atom is -0.456 e. The standard InChI is InChI=1S/C35H62N2O10/c1-17-15-35(9)31(46-33-26(38)24(37(11)12)14-18(2)42-33)20(4)28(44-25-16-34(8,41-13)30(39)23(7)43-25)21(5)32(40)45-29(22(6)36-10)19(3)27(17)47-35/h17-21,23-31,33,38-39H,14-16H2,1-13H3/t17?,18?,19-,20-,21+,23?,24?,25-,26?,27?,28-,29+,30-,31+,33-,34?,35-/m0/s1. The third-order valence-electron chi connectivity index (χ3n) is 11.5. The van der Waals surface area contributed by atoms with Crippen LogP contribution in [0.25, 0.3) is 0 Å². The summed E-state index contributed by atoms with van der Waals surface area (Å²) < 4.78 is 45.2. The number of nitrogens with zero attached hydrogens (tertiary/aromatic N) is 2. The van der Waals surface area contributed by atoms with E-state index in [1.807, 2.05) is 53.6 Å². The Kier molecular flexibility index (Phi) is 12.3. The molecule has 0 aromatic heterocycles. The summed E-state index contributed by atoms with van der Waals surface area (Å²) in [4.78, 5) is 20.5. The van der Waals surface area contributed by atoms with Gasteiger partial charge in [0.05, 0.1) is 47.6 Å². The minimum absolute atomic E-state index is 0.104. The maximum absolute atomic E-state index is 14.1. The molecular weight excluding hydrogens is 608 g/mol. The van der Waals surface area contributed by atoms with Crippen molar-refractivity contribution < 1.29 is 48.2 Å². The molecule has 2 N–H and O–H groups in total. The summed E-state index contributed by atoms with van der Waals surface area (Å²) in [7, 11) is 7.15. The van der Waals surface area contributed by atoms with Crippen LogP contribution in [0.1, 0.15) is 81.6 Å². The van der Waals surface area contributed by atoms with Crippen LogP contribution in [0.15, 0.2) is 4.99 Å². The van der Waals surface area contributed by atoms with Gasteiger partial charge in [0.2, 0.25) is 0 Å². The molecule has 0 amide bonds. The summed E-state index contributed by atoms with van der Waals surface area (Å²) in [6.45, 7) is 17.5. The van der Waals surface area contributed by atoms with Gasteiger partial charge in [0.1, 0.15) is 18.3 Å². The summed E-state index contributed by atoms with van der Waals surface area (Å²) in [5.41, 5.74) is -1.05. The van der Waals surface area contributed by atoms with Gasteiger partial charge in [-0.3, -0.25) is 9.79 Å². The smallest absolute Gasteiger partial charge is 0.311 e. The largest absolute Gasteiger partial charge is 0.456 e. The lowest BCUT2D eigenvalue weighted by atomic mass is 9.77. The molecule has 12 nitrogen and oxygen atoms in total. The van der Waals surface area contributed by atoms with Crippen LogP contribution >= 0.6 is 0 Å². The number of methoxy groups -OCH3 is 1. The van der Waals surface area contributed by atoms with E-state index in [1.165, 1.54) is 0 Å². The third kappa shape index (κ3) is 7.76. The molecule has 272 valence electrons. The van der Waals surface area contributed by atoms with E-state index in [0.717, 1.165) is 0 Å². The van der Waals surface area contributed by atoms with Crippen LogP contribution in [-0.2, 0) is 38.0 Å². The Balaban J connectivity index is 1.79. The topological polar surface area (TPSA) is 138 Å². The fourth-order valence-corrected chi connectivity index (χ4v) is 8.54. The van der Waals surface area contributed by atoms with Crippen LogP contribution in [0.5, 0.6) is 0 Å². The van der Waals surface area contributed by atoms with Crippen molar-refractivity contribution in [2.45, 2.75) is 160 Å². The van der Waals surface area contributed by atoms with Crippen molar-refractivity contribution in [1.29, 1.82) is 0 Å². The van der Waals surface area contributed by atoms with Gasteiger partial charge in [0, 0.05) is 44.2 Å². The summed E-state index contributed by atoms with van der Waals surface area (Å²) >= 11 is 0. The van der Waals surface area contributed by atoms with E-state index in [-0.39, 0.29) is 36.5 Å². The molecule has 4 aliphatic rings. The summed E-state index contributed by atoms with van der Waals surface area (Å²) in [5, 5.41) is 22.4. The highest BCUT2D eigenvalue weighted by molar-refractivity contribution is 5.89. The number of aliphatic hydroxyl groups excluding tert-OH is 2. The molecule has 4 fully saturated rings. The van der Waals surface area contributed by atoms with Crippen LogP contribution in [-0.4, -0.2) is 134 Å². The van der Waals surface area contributed by atoms with Crippen molar-refractivity contribution in [3.05, 3.63) is 0 Å². The van der Waals surface area contributed by atoms with Crippen LogP contribution < -0.4 is 0 Å². The second-order valence-electron chi connectivity index (χ2n) is 15.5. The van der Waals surface area contributed by atoms with E-state index < -0.39 is 78.2 Å². The van der Waals surface area contributed by atoms with Gasteiger partial charge in [-0.25, -0.2) is 0 Å². The van der Waals surface area contributed by atoms with Gasteiger partial charge >= 0.3 is 5.97 Å². The van der Waals surface area contributed by atoms with Crippen molar-refractivity contribution in [2.75, 3.05) is 28.3 Å². The number of fused-ring (bicyclic) bond motifs is 2. The zero-order valence-corrected chi connectivity index (χ0v) is 30.8. The summed E-state index contributed by atoms with van der Waals surface area (Å²) in [6, 6.07) is -0.168. The lowest BCUT2D eigenvalue weighted by Crippen LogP contribution is -2.60. The van der Waals surface area contributed by atoms with Gasteiger partial charge in [-0.15, -0.1) is 0 Å². The lowest BCUT2D eigenvalue weighted by molar-refractivity contribution is -0.318. The zero-order valence-electron chi connectivity index (χ0n) is 30.8. The van der Waals surface area contributed by atoms with E-state index in [9.17, 15) is 15.0 Å². The van der Waals surface area contributed by atoms with Crippen LogP contribution in [0, 0.1) is 23.7 Å². The average Bonchev–Trinajstić information content (AvgIpc) is 3.33. The molecule has 4 heterocycles. The Labute approximate surface area is 281 Å². The highest BCUT2D eigenvalue weighted by Gasteiger charge is 2.57. The Bertz CT molecular complexity index is 1110. The number of aliphatic imine (C=N–C) groups is 1.